The van der Waals surface area contributed by atoms with Gasteiger partial charge in [-0.1, -0.05) is 12.7 Å². The number of ether oxygens (including phenoxy) is 2. The number of benzene rings is 1. The van der Waals surface area contributed by atoms with Crippen LogP contribution in [0.15, 0.2) is 37.4 Å². The van der Waals surface area contributed by atoms with Crippen LogP contribution in [0.4, 0.5) is 0 Å². The normalized spacial score (nSPS) is 13.6. The van der Waals surface area contributed by atoms with E-state index in [2.05, 4.69) is 13.2 Å². The maximum Gasteiger partial charge on any atom is 0.146 e. The molecule has 0 radical (unpaired) electrons. The van der Waals surface area contributed by atoms with E-state index in [-0.39, 0.29) is 0 Å². The van der Waals surface area contributed by atoms with Gasteiger partial charge in [-0.05, 0) is 43.2 Å². The molecule has 3 nitrogen and oxygen atoms in total. The number of aliphatic hydroxyl groups is 1. The van der Waals surface area contributed by atoms with E-state index in [9.17, 15) is 5.11 Å². The lowest BCUT2D eigenvalue weighted by Gasteiger charge is -2.21. The van der Waals surface area contributed by atoms with E-state index >= 15 is 0 Å². The molecule has 0 aliphatic carbocycles. The highest BCUT2D eigenvalue weighted by Crippen LogP contribution is 2.29. The summed E-state index contributed by atoms with van der Waals surface area (Å²) in [5.74, 6) is 1.53. The Morgan fingerprint density at radius 2 is 1.67 bits per heavy atom. The second-order valence-electron chi connectivity index (χ2n) is 4.06. The lowest BCUT2D eigenvalue weighted by molar-refractivity contribution is 0.0973. The van der Waals surface area contributed by atoms with E-state index in [1.54, 1.807) is 13.2 Å². The van der Waals surface area contributed by atoms with Crippen LogP contribution in [0.5, 0.6) is 11.5 Å². The Bertz CT molecular complexity index is 438. The van der Waals surface area contributed by atoms with Gasteiger partial charge in [0, 0.05) is 0 Å². The van der Waals surface area contributed by atoms with Crippen LogP contribution in [-0.2, 0) is 0 Å². The highest BCUT2D eigenvalue weighted by Gasteiger charge is 2.16. The first kappa shape index (κ1) is 14.3. The number of methoxy groups -OCH3 is 1. The van der Waals surface area contributed by atoms with Gasteiger partial charge in [0.25, 0.3) is 0 Å². The topological polar surface area (TPSA) is 38.7 Å². The third-order valence-corrected chi connectivity index (χ3v) is 2.98. The van der Waals surface area contributed by atoms with Gasteiger partial charge in [0.15, 0.2) is 0 Å². The van der Waals surface area contributed by atoms with E-state index in [0.717, 1.165) is 16.9 Å². The molecule has 1 rings (SSSR count). The summed E-state index contributed by atoms with van der Waals surface area (Å²) >= 11 is 0. The minimum atomic E-state index is -0.774. The highest BCUT2D eigenvalue weighted by molar-refractivity contribution is 5.47. The summed E-state index contributed by atoms with van der Waals surface area (Å²) in [5.41, 5.74) is 2.00. The fraction of sp³-hybridized carbons (Fsp3) is 0.333. The average molecular weight is 248 g/mol. The maximum absolute atomic E-state index is 9.70. The van der Waals surface area contributed by atoms with E-state index < -0.39 is 12.2 Å². The standard InChI is InChI=1S/C15H20O3/c1-6-12(16)13(7-2)18-15-9-8-14(17-5)10(3)11(15)4/h6-9,12-13,16H,1-2H2,3-5H3/t12-,13-/m0/s1. The third kappa shape index (κ3) is 2.93. The Hall–Kier alpha value is -1.74. The monoisotopic (exact) mass is 248 g/mol. The van der Waals surface area contributed by atoms with Crippen molar-refractivity contribution in [3.05, 3.63) is 48.6 Å². The first-order valence-electron chi connectivity index (χ1n) is 5.79. The minimum Gasteiger partial charge on any atom is -0.496 e. The first-order valence-corrected chi connectivity index (χ1v) is 5.79. The van der Waals surface area contributed by atoms with Gasteiger partial charge in [0.2, 0.25) is 0 Å². The predicted molar refractivity (Wildman–Crippen MR) is 73.3 cm³/mol. The molecule has 3 heteroatoms. The van der Waals surface area contributed by atoms with Gasteiger partial charge in [-0.15, -0.1) is 6.58 Å². The van der Waals surface area contributed by atoms with Crippen molar-refractivity contribution in [3.63, 3.8) is 0 Å². The summed E-state index contributed by atoms with van der Waals surface area (Å²) in [6, 6.07) is 3.67. The van der Waals surface area contributed by atoms with Crippen LogP contribution < -0.4 is 9.47 Å². The zero-order valence-corrected chi connectivity index (χ0v) is 11.1. The van der Waals surface area contributed by atoms with E-state index in [1.807, 2.05) is 26.0 Å². The molecule has 0 aromatic heterocycles. The van der Waals surface area contributed by atoms with Crippen molar-refractivity contribution in [3.8, 4) is 11.5 Å². The van der Waals surface area contributed by atoms with Gasteiger partial charge in [-0.3, -0.25) is 0 Å². The van der Waals surface area contributed by atoms with Gasteiger partial charge in [0.05, 0.1) is 7.11 Å². The van der Waals surface area contributed by atoms with E-state index in [4.69, 9.17) is 9.47 Å². The van der Waals surface area contributed by atoms with Crippen molar-refractivity contribution in [2.24, 2.45) is 0 Å². The molecule has 2 atom stereocenters. The molecule has 1 aromatic rings. The molecule has 0 unspecified atom stereocenters. The molecular weight excluding hydrogens is 228 g/mol. The molecule has 0 aliphatic heterocycles. The summed E-state index contributed by atoms with van der Waals surface area (Å²) in [5, 5.41) is 9.70. The Labute approximate surface area is 108 Å². The molecule has 0 saturated heterocycles. The fourth-order valence-corrected chi connectivity index (χ4v) is 1.66. The predicted octanol–water partition coefficient (Wildman–Crippen LogP) is 2.79. The van der Waals surface area contributed by atoms with Crippen molar-refractivity contribution in [1.29, 1.82) is 0 Å². The summed E-state index contributed by atoms with van der Waals surface area (Å²) < 4.78 is 11.0. The van der Waals surface area contributed by atoms with Crippen molar-refractivity contribution < 1.29 is 14.6 Å². The molecule has 18 heavy (non-hydrogen) atoms. The van der Waals surface area contributed by atoms with Crippen molar-refractivity contribution in [1.82, 2.24) is 0 Å². The number of hydrogen-bond donors (Lipinski definition) is 1. The lowest BCUT2D eigenvalue weighted by Crippen LogP contribution is -2.28. The van der Waals surface area contributed by atoms with Crippen LogP contribution in [0.3, 0.4) is 0 Å². The smallest absolute Gasteiger partial charge is 0.146 e. The van der Waals surface area contributed by atoms with Gasteiger partial charge in [-0.25, -0.2) is 0 Å². The molecule has 0 fully saturated rings. The van der Waals surface area contributed by atoms with Gasteiger partial charge >= 0.3 is 0 Å². The lowest BCUT2D eigenvalue weighted by atomic mass is 10.1. The molecule has 98 valence electrons. The van der Waals surface area contributed by atoms with Crippen LogP contribution in [0.25, 0.3) is 0 Å². The van der Waals surface area contributed by atoms with E-state index in [1.165, 1.54) is 6.08 Å². The molecule has 0 bridgehead atoms. The SMILES string of the molecule is C=C[C@H](Oc1ccc(OC)c(C)c1C)[C@@H](O)C=C. The molecule has 0 amide bonds. The zero-order valence-electron chi connectivity index (χ0n) is 11.1. The van der Waals surface area contributed by atoms with Gasteiger partial charge < -0.3 is 14.6 Å². The summed E-state index contributed by atoms with van der Waals surface area (Å²) in [6.07, 6.45) is 1.71. The molecule has 0 saturated carbocycles. The van der Waals surface area contributed by atoms with Crippen LogP contribution in [-0.4, -0.2) is 24.4 Å². The van der Waals surface area contributed by atoms with E-state index in [0.29, 0.717) is 5.75 Å². The van der Waals surface area contributed by atoms with Crippen LogP contribution in [0, 0.1) is 13.8 Å². The molecule has 1 N–H and O–H groups in total. The first-order chi connectivity index (χ1) is 8.54. The largest absolute Gasteiger partial charge is 0.496 e. The van der Waals surface area contributed by atoms with Crippen molar-refractivity contribution in [2.45, 2.75) is 26.1 Å². The molecule has 0 aliphatic rings. The summed E-state index contributed by atoms with van der Waals surface area (Å²) in [4.78, 5) is 0. The Balaban J connectivity index is 3.01. The number of rotatable bonds is 6. The van der Waals surface area contributed by atoms with Gasteiger partial charge in [0.1, 0.15) is 23.7 Å². The van der Waals surface area contributed by atoms with Gasteiger partial charge in [-0.2, -0.15) is 0 Å². The molecule has 1 aromatic carbocycles. The van der Waals surface area contributed by atoms with Crippen LogP contribution in [0.2, 0.25) is 0 Å². The Morgan fingerprint density at radius 3 is 2.17 bits per heavy atom. The molecule has 0 spiro atoms. The number of hydrogen-bond acceptors (Lipinski definition) is 3. The number of aliphatic hydroxyl groups excluding tert-OH is 1. The second kappa shape index (κ2) is 6.26. The Kier molecular flexibility index (Phi) is 4.98. The minimum absolute atomic E-state index is 0.506. The average Bonchev–Trinajstić information content (AvgIpc) is 2.39. The maximum atomic E-state index is 9.70. The fourth-order valence-electron chi connectivity index (χ4n) is 1.66. The molecule has 0 heterocycles. The zero-order chi connectivity index (χ0) is 13.7. The Morgan fingerprint density at radius 1 is 1.11 bits per heavy atom. The quantitative estimate of drug-likeness (QED) is 0.787. The third-order valence-electron chi connectivity index (χ3n) is 2.98. The summed E-state index contributed by atoms with van der Waals surface area (Å²) in [6.45, 7) is 11.1. The van der Waals surface area contributed by atoms with Crippen LogP contribution >= 0.6 is 0 Å². The summed E-state index contributed by atoms with van der Waals surface area (Å²) in [7, 11) is 1.64. The molecular formula is C15H20O3. The second-order valence-corrected chi connectivity index (χ2v) is 4.06. The van der Waals surface area contributed by atoms with Crippen LogP contribution in [0.1, 0.15) is 11.1 Å². The van der Waals surface area contributed by atoms with Crippen molar-refractivity contribution in [2.75, 3.05) is 7.11 Å². The van der Waals surface area contributed by atoms with Crippen molar-refractivity contribution >= 4 is 0 Å². The highest BCUT2D eigenvalue weighted by atomic mass is 16.5.